The van der Waals surface area contributed by atoms with Crippen LogP contribution in [0.4, 0.5) is 0 Å². The summed E-state index contributed by atoms with van der Waals surface area (Å²) in [5.74, 6) is 0. The van der Waals surface area contributed by atoms with Gasteiger partial charge >= 0.3 is 0 Å². The highest BCUT2D eigenvalue weighted by Gasteiger charge is 2.10. The highest BCUT2D eigenvalue weighted by molar-refractivity contribution is 6.32. The van der Waals surface area contributed by atoms with Crippen LogP contribution < -0.4 is 5.32 Å². The van der Waals surface area contributed by atoms with Gasteiger partial charge in [-0.25, -0.2) is 0 Å². The molecule has 1 atom stereocenters. The minimum Gasteiger partial charge on any atom is -0.388 e. The maximum Gasteiger partial charge on any atom is 0.0848 e. The minimum absolute atomic E-state index is 0.0131. The van der Waals surface area contributed by atoms with E-state index in [1.54, 1.807) is 6.08 Å². The molecule has 2 nitrogen and oxygen atoms in total. The number of rotatable bonds is 4. The van der Waals surface area contributed by atoms with Crippen molar-refractivity contribution in [2.24, 2.45) is 0 Å². The SMILES string of the molecule is CC(C)(C)NCC(O)/C=C/c1ccccc1Cl. The number of hydrogen-bond donors (Lipinski definition) is 2. The van der Waals surface area contributed by atoms with Gasteiger partial charge in [0.05, 0.1) is 6.10 Å². The van der Waals surface area contributed by atoms with Gasteiger partial charge < -0.3 is 10.4 Å². The fraction of sp³-hybridized carbons (Fsp3) is 0.429. The summed E-state index contributed by atoms with van der Waals surface area (Å²) in [5.41, 5.74) is 0.933. The van der Waals surface area contributed by atoms with Gasteiger partial charge in [0.15, 0.2) is 0 Å². The summed E-state index contributed by atoms with van der Waals surface area (Å²) in [5, 5.41) is 13.7. The van der Waals surface area contributed by atoms with Gasteiger partial charge in [0.25, 0.3) is 0 Å². The molecule has 0 aliphatic carbocycles. The van der Waals surface area contributed by atoms with E-state index in [9.17, 15) is 5.11 Å². The zero-order valence-electron chi connectivity index (χ0n) is 10.6. The van der Waals surface area contributed by atoms with E-state index in [2.05, 4.69) is 26.1 Å². The number of nitrogens with one attached hydrogen (secondary N) is 1. The molecule has 1 aromatic carbocycles. The highest BCUT2D eigenvalue weighted by atomic mass is 35.5. The van der Waals surface area contributed by atoms with E-state index in [1.807, 2.05) is 30.3 Å². The first-order valence-electron chi connectivity index (χ1n) is 5.74. The van der Waals surface area contributed by atoms with E-state index in [1.165, 1.54) is 0 Å². The molecule has 0 heterocycles. The largest absolute Gasteiger partial charge is 0.388 e. The number of β-amino-alcohol motifs (C(OH)–C–C–N with tert-alkyl or cyclic N) is 1. The first-order valence-corrected chi connectivity index (χ1v) is 6.12. The lowest BCUT2D eigenvalue weighted by Crippen LogP contribution is -2.40. The standard InChI is InChI=1S/C14H20ClNO/c1-14(2,3)16-10-12(17)9-8-11-6-4-5-7-13(11)15/h4-9,12,16-17H,10H2,1-3H3/b9-8+. The van der Waals surface area contributed by atoms with Crippen molar-refractivity contribution >= 4 is 17.7 Å². The van der Waals surface area contributed by atoms with E-state index >= 15 is 0 Å². The van der Waals surface area contributed by atoms with Gasteiger partial charge in [-0.15, -0.1) is 0 Å². The summed E-state index contributed by atoms with van der Waals surface area (Å²) in [6.45, 7) is 6.73. The Hall–Kier alpha value is -0.830. The van der Waals surface area contributed by atoms with Gasteiger partial charge in [-0.3, -0.25) is 0 Å². The predicted molar refractivity (Wildman–Crippen MR) is 74.2 cm³/mol. The van der Waals surface area contributed by atoms with Crippen molar-refractivity contribution < 1.29 is 5.11 Å². The Kier molecular flexibility index (Phi) is 5.19. The van der Waals surface area contributed by atoms with Crippen LogP contribution in [0.1, 0.15) is 26.3 Å². The van der Waals surface area contributed by atoms with E-state index in [4.69, 9.17) is 11.6 Å². The molecule has 1 rings (SSSR count). The molecule has 17 heavy (non-hydrogen) atoms. The first kappa shape index (κ1) is 14.2. The van der Waals surface area contributed by atoms with Crippen LogP contribution in [0.15, 0.2) is 30.3 Å². The summed E-state index contributed by atoms with van der Waals surface area (Å²) >= 11 is 6.01. The molecule has 0 aliphatic rings. The van der Waals surface area contributed by atoms with Crippen LogP contribution in [-0.4, -0.2) is 23.3 Å². The molecule has 0 spiro atoms. The van der Waals surface area contributed by atoms with E-state index in [0.29, 0.717) is 11.6 Å². The lowest BCUT2D eigenvalue weighted by atomic mass is 10.1. The molecule has 0 bridgehead atoms. The minimum atomic E-state index is -0.509. The Morgan fingerprint density at radius 2 is 2.00 bits per heavy atom. The van der Waals surface area contributed by atoms with Gasteiger partial charge in [0.1, 0.15) is 0 Å². The molecule has 3 heteroatoms. The first-order chi connectivity index (χ1) is 7.88. The summed E-state index contributed by atoms with van der Waals surface area (Å²) in [4.78, 5) is 0. The monoisotopic (exact) mass is 253 g/mol. The Bertz CT molecular complexity index is 382. The summed E-state index contributed by atoms with van der Waals surface area (Å²) in [6.07, 6.45) is 3.09. The van der Waals surface area contributed by atoms with Gasteiger partial charge in [-0.2, -0.15) is 0 Å². The van der Waals surface area contributed by atoms with Gasteiger partial charge in [-0.1, -0.05) is 42.0 Å². The topological polar surface area (TPSA) is 32.3 Å². The molecule has 2 N–H and O–H groups in total. The van der Waals surface area contributed by atoms with E-state index in [0.717, 1.165) is 5.56 Å². The average Bonchev–Trinajstić information content (AvgIpc) is 2.24. The van der Waals surface area contributed by atoms with Crippen LogP contribution in [-0.2, 0) is 0 Å². The second-order valence-corrected chi connectivity index (χ2v) is 5.49. The molecule has 0 aromatic heterocycles. The van der Waals surface area contributed by atoms with Crippen LogP contribution in [0.5, 0.6) is 0 Å². The second-order valence-electron chi connectivity index (χ2n) is 5.08. The van der Waals surface area contributed by atoms with Gasteiger partial charge in [0, 0.05) is 17.1 Å². The van der Waals surface area contributed by atoms with E-state index in [-0.39, 0.29) is 5.54 Å². The van der Waals surface area contributed by atoms with Crippen molar-refractivity contribution in [2.45, 2.75) is 32.4 Å². The third kappa shape index (κ3) is 5.87. The van der Waals surface area contributed by atoms with Crippen molar-refractivity contribution in [3.05, 3.63) is 40.9 Å². The highest BCUT2D eigenvalue weighted by Crippen LogP contribution is 2.16. The lowest BCUT2D eigenvalue weighted by Gasteiger charge is -2.21. The van der Waals surface area contributed by atoms with Gasteiger partial charge in [0.2, 0.25) is 0 Å². The molecule has 0 saturated carbocycles. The van der Waals surface area contributed by atoms with Crippen LogP contribution in [0, 0.1) is 0 Å². The number of halogens is 1. The molecule has 0 saturated heterocycles. The third-order valence-electron chi connectivity index (χ3n) is 2.24. The number of aliphatic hydroxyl groups is 1. The van der Waals surface area contributed by atoms with Crippen molar-refractivity contribution in [1.29, 1.82) is 0 Å². The zero-order chi connectivity index (χ0) is 12.9. The van der Waals surface area contributed by atoms with Crippen molar-refractivity contribution in [2.75, 3.05) is 6.54 Å². The molecule has 0 radical (unpaired) electrons. The fourth-order valence-corrected chi connectivity index (χ4v) is 1.50. The molecular weight excluding hydrogens is 234 g/mol. The maximum absolute atomic E-state index is 9.77. The average molecular weight is 254 g/mol. The van der Waals surface area contributed by atoms with Crippen LogP contribution in [0.2, 0.25) is 5.02 Å². The summed E-state index contributed by atoms with van der Waals surface area (Å²) < 4.78 is 0. The van der Waals surface area contributed by atoms with Crippen molar-refractivity contribution in [3.63, 3.8) is 0 Å². The Balaban J connectivity index is 2.51. The van der Waals surface area contributed by atoms with Gasteiger partial charge in [-0.05, 0) is 32.4 Å². The molecule has 0 aliphatic heterocycles. The number of aliphatic hydroxyl groups excluding tert-OH is 1. The van der Waals surface area contributed by atoms with Crippen LogP contribution in [0.3, 0.4) is 0 Å². The smallest absolute Gasteiger partial charge is 0.0848 e. The quantitative estimate of drug-likeness (QED) is 0.864. The van der Waals surface area contributed by atoms with E-state index < -0.39 is 6.10 Å². The van der Waals surface area contributed by atoms with Crippen molar-refractivity contribution in [1.82, 2.24) is 5.32 Å². The lowest BCUT2D eigenvalue weighted by molar-refractivity contribution is 0.205. The second kappa shape index (κ2) is 6.20. The molecule has 0 fully saturated rings. The Morgan fingerprint density at radius 1 is 1.35 bits per heavy atom. The molecule has 1 unspecified atom stereocenters. The number of benzene rings is 1. The van der Waals surface area contributed by atoms with Crippen molar-refractivity contribution in [3.8, 4) is 0 Å². The predicted octanol–water partition coefficient (Wildman–Crippen LogP) is 3.10. The summed E-state index contributed by atoms with van der Waals surface area (Å²) in [7, 11) is 0. The maximum atomic E-state index is 9.77. The molecule has 0 amide bonds. The Labute approximate surface area is 108 Å². The molecule has 94 valence electrons. The normalized spacial score (nSPS) is 14.2. The van der Waals surface area contributed by atoms with Crippen LogP contribution >= 0.6 is 11.6 Å². The summed E-state index contributed by atoms with van der Waals surface area (Å²) in [6, 6.07) is 7.56. The molecule has 1 aromatic rings. The number of hydrogen-bond acceptors (Lipinski definition) is 2. The Morgan fingerprint density at radius 3 is 2.59 bits per heavy atom. The zero-order valence-corrected chi connectivity index (χ0v) is 11.3. The van der Waals surface area contributed by atoms with Crippen LogP contribution in [0.25, 0.3) is 6.08 Å². The third-order valence-corrected chi connectivity index (χ3v) is 2.59. The fourth-order valence-electron chi connectivity index (χ4n) is 1.30. The molecular formula is C14H20ClNO.